The molecule has 0 saturated heterocycles. The smallest absolute Gasteiger partial charge is 0.238 e. The summed E-state index contributed by atoms with van der Waals surface area (Å²) in [5, 5.41) is 3.01. The van der Waals surface area contributed by atoms with Crippen molar-refractivity contribution < 1.29 is 4.79 Å². The van der Waals surface area contributed by atoms with Crippen LogP contribution in [0, 0.1) is 0 Å². The van der Waals surface area contributed by atoms with E-state index in [0.29, 0.717) is 6.54 Å². The number of para-hydroxylation sites is 1. The quantitative estimate of drug-likeness (QED) is 0.849. The van der Waals surface area contributed by atoms with E-state index in [1.165, 1.54) is 11.1 Å². The third-order valence-corrected chi connectivity index (χ3v) is 3.71. The number of amides is 1. The summed E-state index contributed by atoms with van der Waals surface area (Å²) in [6, 6.07) is 18.3. The van der Waals surface area contributed by atoms with Gasteiger partial charge >= 0.3 is 0 Å². The normalized spacial score (nSPS) is 10.7. The van der Waals surface area contributed by atoms with E-state index in [0.717, 1.165) is 25.1 Å². The summed E-state index contributed by atoms with van der Waals surface area (Å²) in [4.78, 5) is 14.2. The number of nitrogens with zero attached hydrogens (tertiary/aromatic N) is 1. The molecule has 2 aromatic carbocycles. The topological polar surface area (TPSA) is 32.3 Å². The lowest BCUT2D eigenvalue weighted by molar-refractivity contribution is -0.117. The highest BCUT2D eigenvalue weighted by molar-refractivity contribution is 5.92. The number of nitrogens with one attached hydrogen (secondary N) is 1. The van der Waals surface area contributed by atoms with E-state index in [4.69, 9.17) is 0 Å². The van der Waals surface area contributed by atoms with Crippen LogP contribution in [0.3, 0.4) is 0 Å². The van der Waals surface area contributed by atoms with Crippen LogP contribution in [-0.2, 0) is 17.6 Å². The fourth-order valence-electron chi connectivity index (χ4n) is 2.43. The molecule has 0 aliphatic rings. The maximum absolute atomic E-state index is 12.1. The van der Waals surface area contributed by atoms with E-state index in [9.17, 15) is 4.79 Å². The molecular weight excluding hydrogens is 272 g/mol. The number of anilines is 1. The van der Waals surface area contributed by atoms with Crippen molar-refractivity contribution >= 4 is 11.6 Å². The van der Waals surface area contributed by atoms with Gasteiger partial charge in [-0.25, -0.2) is 0 Å². The third-order valence-electron chi connectivity index (χ3n) is 3.71. The zero-order valence-corrected chi connectivity index (χ0v) is 13.4. The molecule has 0 saturated carbocycles. The predicted molar refractivity (Wildman–Crippen MR) is 92.1 cm³/mol. The van der Waals surface area contributed by atoms with Crippen LogP contribution in [-0.4, -0.2) is 30.9 Å². The van der Waals surface area contributed by atoms with Crippen LogP contribution in [0.4, 0.5) is 5.69 Å². The van der Waals surface area contributed by atoms with Crippen LogP contribution in [0.25, 0.3) is 0 Å². The molecule has 0 bridgehead atoms. The van der Waals surface area contributed by atoms with E-state index in [1.807, 2.05) is 43.4 Å². The Labute approximate surface area is 133 Å². The second-order valence-electron chi connectivity index (χ2n) is 5.53. The lowest BCUT2D eigenvalue weighted by Gasteiger charge is -2.17. The number of likely N-dealkylation sites (N-methyl/N-ethyl adjacent to an activating group) is 1. The molecule has 0 unspecified atom stereocenters. The molecule has 3 heteroatoms. The zero-order chi connectivity index (χ0) is 15.8. The molecule has 1 N–H and O–H groups in total. The first kappa shape index (κ1) is 16.2. The van der Waals surface area contributed by atoms with Crippen LogP contribution in [0.2, 0.25) is 0 Å². The minimum Gasteiger partial charge on any atom is -0.325 e. The van der Waals surface area contributed by atoms with Gasteiger partial charge in [-0.05, 0) is 37.1 Å². The first-order chi connectivity index (χ1) is 10.7. The van der Waals surface area contributed by atoms with Gasteiger partial charge < -0.3 is 5.32 Å². The van der Waals surface area contributed by atoms with Gasteiger partial charge in [0.2, 0.25) is 5.91 Å². The van der Waals surface area contributed by atoms with E-state index in [2.05, 4.69) is 35.3 Å². The average Bonchev–Trinajstić information content (AvgIpc) is 2.54. The number of aryl methyl sites for hydroxylation is 1. The van der Waals surface area contributed by atoms with E-state index in [1.54, 1.807) is 0 Å². The second kappa shape index (κ2) is 8.35. The summed E-state index contributed by atoms with van der Waals surface area (Å²) in [6.07, 6.45) is 1.87. The maximum atomic E-state index is 12.1. The SMILES string of the molecule is CCc1ccccc1NC(=O)CN(C)CCc1ccccc1. The Morgan fingerprint density at radius 3 is 2.45 bits per heavy atom. The molecule has 0 heterocycles. The minimum atomic E-state index is 0.0384. The Balaban J connectivity index is 1.81. The molecule has 0 aliphatic heterocycles. The molecule has 0 radical (unpaired) electrons. The summed E-state index contributed by atoms with van der Waals surface area (Å²) in [5.74, 6) is 0.0384. The largest absolute Gasteiger partial charge is 0.325 e. The lowest BCUT2D eigenvalue weighted by atomic mass is 10.1. The molecule has 116 valence electrons. The van der Waals surface area contributed by atoms with E-state index < -0.39 is 0 Å². The van der Waals surface area contributed by atoms with Gasteiger partial charge in [0.15, 0.2) is 0 Å². The Hall–Kier alpha value is -2.13. The van der Waals surface area contributed by atoms with E-state index in [-0.39, 0.29) is 5.91 Å². The first-order valence-corrected chi connectivity index (χ1v) is 7.79. The Morgan fingerprint density at radius 1 is 1.05 bits per heavy atom. The summed E-state index contributed by atoms with van der Waals surface area (Å²) < 4.78 is 0. The lowest BCUT2D eigenvalue weighted by Crippen LogP contribution is -2.31. The van der Waals surface area contributed by atoms with Gasteiger partial charge in [-0.1, -0.05) is 55.5 Å². The first-order valence-electron chi connectivity index (χ1n) is 7.79. The number of rotatable bonds is 7. The minimum absolute atomic E-state index is 0.0384. The summed E-state index contributed by atoms with van der Waals surface area (Å²) in [5.41, 5.74) is 3.39. The summed E-state index contributed by atoms with van der Waals surface area (Å²) >= 11 is 0. The molecule has 0 atom stereocenters. The molecule has 2 aromatic rings. The van der Waals surface area contributed by atoms with Gasteiger partial charge in [0, 0.05) is 12.2 Å². The fraction of sp³-hybridized carbons (Fsp3) is 0.316. The molecule has 0 aliphatic carbocycles. The molecule has 2 rings (SSSR count). The molecule has 0 spiro atoms. The van der Waals surface area contributed by atoms with Gasteiger partial charge in [-0.2, -0.15) is 0 Å². The average molecular weight is 296 g/mol. The van der Waals surface area contributed by atoms with Crippen molar-refractivity contribution in [3.05, 3.63) is 65.7 Å². The number of carbonyl (C=O) groups is 1. The fourth-order valence-corrected chi connectivity index (χ4v) is 2.43. The van der Waals surface area contributed by atoms with Gasteiger partial charge in [-0.15, -0.1) is 0 Å². The summed E-state index contributed by atoms with van der Waals surface area (Å²) in [7, 11) is 1.98. The number of hydrogen-bond acceptors (Lipinski definition) is 2. The van der Waals surface area contributed by atoms with Crippen molar-refractivity contribution in [1.82, 2.24) is 4.90 Å². The maximum Gasteiger partial charge on any atom is 0.238 e. The van der Waals surface area contributed by atoms with Gasteiger partial charge in [0.05, 0.1) is 6.54 Å². The highest BCUT2D eigenvalue weighted by Gasteiger charge is 2.08. The number of hydrogen-bond donors (Lipinski definition) is 1. The molecule has 0 aromatic heterocycles. The highest BCUT2D eigenvalue weighted by Crippen LogP contribution is 2.15. The Bertz CT molecular complexity index is 595. The number of carbonyl (C=O) groups excluding carboxylic acids is 1. The Morgan fingerprint density at radius 2 is 1.73 bits per heavy atom. The van der Waals surface area contributed by atoms with Crippen LogP contribution >= 0.6 is 0 Å². The van der Waals surface area contributed by atoms with Gasteiger partial charge in [0.1, 0.15) is 0 Å². The Kier molecular flexibility index (Phi) is 6.16. The van der Waals surface area contributed by atoms with Crippen molar-refractivity contribution in [3.8, 4) is 0 Å². The van der Waals surface area contributed by atoms with Crippen molar-refractivity contribution in [2.24, 2.45) is 0 Å². The van der Waals surface area contributed by atoms with Crippen molar-refractivity contribution in [2.75, 3.05) is 25.5 Å². The zero-order valence-electron chi connectivity index (χ0n) is 13.4. The number of benzene rings is 2. The van der Waals surface area contributed by atoms with Crippen molar-refractivity contribution in [2.45, 2.75) is 19.8 Å². The van der Waals surface area contributed by atoms with Gasteiger partial charge in [-0.3, -0.25) is 9.69 Å². The second-order valence-corrected chi connectivity index (χ2v) is 5.53. The van der Waals surface area contributed by atoms with Gasteiger partial charge in [0.25, 0.3) is 0 Å². The van der Waals surface area contributed by atoms with Crippen LogP contribution in [0.15, 0.2) is 54.6 Å². The van der Waals surface area contributed by atoms with Crippen molar-refractivity contribution in [1.29, 1.82) is 0 Å². The highest BCUT2D eigenvalue weighted by atomic mass is 16.2. The van der Waals surface area contributed by atoms with E-state index >= 15 is 0 Å². The van der Waals surface area contributed by atoms with Crippen LogP contribution < -0.4 is 5.32 Å². The predicted octanol–water partition coefficient (Wildman–Crippen LogP) is 3.36. The molecule has 3 nitrogen and oxygen atoms in total. The van der Waals surface area contributed by atoms with Crippen LogP contribution in [0.1, 0.15) is 18.1 Å². The monoisotopic (exact) mass is 296 g/mol. The molecule has 22 heavy (non-hydrogen) atoms. The molecular formula is C19H24N2O. The standard InChI is InChI=1S/C19H24N2O/c1-3-17-11-7-8-12-18(17)20-19(22)15-21(2)14-13-16-9-5-4-6-10-16/h4-12H,3,13-15H2,1-2H3,(H,20,22). The molecule has 0 fully saturated rings. The van der Waals surface area contributed by atoms with Crippen LogP contribution in [0.5, 0.6) is 0 Å². The van der Waals surface area contributed by atoms with Crippen molar-refractivity contribution in [3.63, 3.8) is 0 Å². The molecule has 1 amide bonds. The third kappa shape index (κ3) is 5.01. The summed E-state index contributed by atoms with van der Waals surface area (Å²) in [6.45, 7) is 3.37.